The monoisotopic (exact) mass is 254 g/mol. The molecule has 0 amide bonds. The maximum Gasteiger partial charge on any atom is 0.0110 e. The smallest absolute Gasteiger partial charge is 0.0110 e. The molecule has 0 aliphatic carbocycles. The van der Waals surface area contributed by atoms with Gasteiger partial charge in [-0.1, -0.05) is 46.5 Å². The Morgan fingerprint density at radius 3 is 1.83 bits per heavy atom. The third-order valence-corrected chi connectivity index (χ3v) is 4.47. The van der Waals surface area contributed by atoms with E-state index in [2.05, 4.69) is 37.6 Å². The maximum atomic E-state index is 2.70. The lowest BCUT2D eigenvalue weighted by molar-refractivity contribution is 0.0909. The molecule has 2 heteroatoms. The second kappa shape index (κ2) is 8.16. The van der Waals surface area contributed by atoms with Gasteiger partial charge in [0.2, 0.25) is 0 Å². The third kappa shape index (κ3) is 5.71. The molecule has 0 aromatic heterocycles. The van der Waals surface area contributed by atoms with Crippen LogP contribution in [0.1, 0.15) is 59.3 Å². The van der Waals surface area contributed by atoms with Crippen molar-refractivity contribution in [3.05, 3.63) is 0 Å². The fraction of sp³-hybridized carbons (Fsp3) is 1.00. The van der Waals surface area contributed by atoms with Crippen molar-refractivity contribution in [3.8, 4) is 0 Å². The second-order valence-corrected chi connectivity index (χ2v) is 6.60. The lowest BCUT2D eigenvalue weighted by Gasteiger charge is -2.39. The Hall–Kier alpha value is -0.0800. The molecule has 1 fully saturated rings. The first-order valence-electron chi connectivity index (χ1n) is 8.00. The van der Waals surface area contributed by atoms with Crippen LogP contribution >= 0.6 is 0 Å². The van der Waals surface area contributed by atoms with Crippen molar-refractivity contribution in [1.29, 1.82) is 0 Å². The van der Waals surface area contributed by atoms with Crippen LogP contribution in [0.2, 0.25) is 0 Å². The first-order chi connectivity index (χ1) is 8.59. The first kappa shape index (κ1) is 16.0. The zero-order chi connectivity index (χ0) is 13.4. The van der Waals surface area contributed by atoms with Gasteiger partial charge in [-0.25, -0.2) is 0 Å². The number of nitrogens with zero attached hydrogens (tertiary/aromatic N) is 2. The van der Waals surface area contributed by atoms with Crippen LogP contribution in [-0.4, -0.2) is 49.6 Å². The molecule has 2 nitrogen and oxygen atoms in total. The fourth-order valence-corrected chi connectivity index (χ4v) is 3.04. The lowest BCUT2D eigenvalue weighted by Crippen LogP contribution is -2.48. The molecule has 0 saturated carbocycles. The van der Waals surface area contributed by atoms with Gasteiger partial charge in [0, 0.05) is 32.7 Å². The van der Waals surface area contributed by atoms with Gasteiger partial charge in [-0.15, -0.1) is 0 Å². The summed E-state index contributed by atoms with van der Waals surface area (Å²) in [5, 5.41) is 0. The molecule has 0 atom stereocenters. The number of likely N-dealkylation sites (N-methyl/N-ethyl adjacent to an activating group) is 1. The summed E-state index contributed by atoms with van der Waals surface area (Å²) in [6, 6.07) is 0. The molecule has 1 saturated heterocycles. The Labute approximate surface area is 115 Å². The Morgan fingerprint density at radius 1 is 0.889 bits per heavy atom. The normalized spacial score (nSPS) is 19.3. The second-order valence-electron chi connectivity index (χ2n) is 6.60. The van der Waals surface area contributed by atoms with Crippen LogP contribution in [0, 0.1) is 5.41 Å². The zero-order valence-electron chi connectivity index (χ0n) is 13.2. The highest BCUT2D eigenvalue weighted by Gasteiger charge is 2.27. The summed E-state index contributed by atoms with van der Waals surface area (Å²) in [5.41, 5.74) is 0.557. The zero-order valence-corrected chi connectivity index (χ0v) is 13.2. The third-order valence-electron chi connectivity index (χ3n) is 4.47. The molecule has 0 radical (unpaired) electrons. The van der Waals surface area contributed by atoms with Crippen LogP contribution in [0.15, 0.2) is 0 Å². The number of hydrogen-bond acceptors (Lipinski definition) is 2. The van der Waals surface area contributed by atoms with E-state index in [1.165, 1.54) is 71.2 Å². The summed E-state index contributed by atoms with van der Waals surface area (Å²) in [4.78, 5) is 5.15. The van der Waals surface area contributed by atoms with Gasteiger partial charge in [0.1, 0.15) is 0 Å². The minimum absolute atomic E-state index is 0.557. The average Bonchev–Trinajstić information content (AvgIpc) is 2.37. The van der Waals surface area contributed by atoms with Crippen molar-refractivity contribution in [2.75, 3.05) is 39.8 Å². The number of hydrogen-bond donors (Lipinski definition) is 0. The van der Waals surface area contributed by atoms with Crippen LogP contribution in [0.25, 0.3) is 0 Å². The van der Waals surface area contributed by atoms with Crippen molar-refractivity contribution < 1.29 is 0 Å². The molecule has 1 aliphatic rings. The Morgan fingerprint density at radius 2 is 1.39 bits per heavy atom. The van der Waals surface area contributed by atoms with Crippen LogP contribution < -0.4 is 0 Å². The molecule has 0 bridgehead atoms. The van der Waals surface area contributed by atoms with Crippen molar-refractivity contribution in [2.24, 2.45) is 5.41 Å². The van der Waals surface area contributed by atoms with Crippen LogP contribution in [0.4, 0.5) is 0 Å². The minimum atomic E-state index is 0.557. The quantitative estimate of drug-likeness (QED) is 0.653. The maximum absolute atomic E-state index is 2.70. The molecule has 108 valence electrons. The fourth-order valence-electron chi connectivity index (χ4n) is 3.04. The van der Waals surface area contributed by atoms with Crippen molar-refractivity contribution >= 4 is 0 Å². The van der Waals surface area contributed by atoms with E-state index in [9.17, 15) is 0 Å². The molecule has 0 N–H and O–H groups in total. The van der Waals surface area contributed by atoms with Crippen molar-refractivity contribution in [1.82, 2.24) is 9.80 Å². The van der Waals surface area contributed by atoms with E-state index < -0.39 is 0 Å². The highest BCUT2D eigenvalue weighted by atomic mass is 15.2. The van der Waals surface area contributed by atoms with Gasteiger partial charge in [-0.2, -0.15) is 0 Å². The van der Waals surface area contributed by atoms with E-state index in [-0.39, 0.29) is 0 Å². The van der Waals surface area contributed by atoms with E-state index in [1.807, 2.05) is 0 Å². The average molecular weight is 254 g/mol. The summed E-state index contributed by atoms with van der Waals surface area (Å²) in [5.74, 6) is 0. The molecule has 18 heavy (non-hydrogen) atoms. The lowest BCUT2D eigenvalue weighted by atomic mass is 9.79. The molecule has 0 aromatic rings. The standard InChI is InChI=1S/C16H34N2/c1-5-7-9-16(3,10-8-6-2)15-18-13-11-17(4)12-14-18/h5-15H2,1-4H3. The van der Waals surface area contributed by atoms with Crippen molar-refractivity contribution in [2.45, 2.75) is 59.3 Å². The van der Waals surface area contributed by atoms with Crippen LogP contribution in [0.3, 0.4) is 0 Å². The summed E-state index contributed by atoms with van der Waals surface area (Å²) >= 11 is 0. The van der Waals surface area contributed by atoms with Gasteiger partial charge in [0.15, 0.2) is 0 Å². The van der Waals surface area contributed by atoms with Crippen LogP contribution in [-0.2, 0) is 0 Å². The highest BCUT2D eigenvalue weighted by Crippen LogP contribution is 2.31. The predicted octanol–water partition coefficient (Wildman–Crippen LogP) is 3.62. The molecule has 1 heterocycles. The topological polar surface area (TPSA) is 6.48 Å². The molecule has 1 rings (SSSR count). The van der Waals surface area contributed by atoms with Gasteiger partial charge in [0.25, 0.3) is 0 Å². The van der Waals surface area contributed by atoms with Gasteiger partial charge in [-0.3, -0.25) is 0 Å². The Kier molecular flexibility index (Phi) is 7.25. The van der Waals surface area contributed by atoms with Gasteiger partial charge in [0.05, 0.1) is 0 Å². The molecule has 0 unspecified atom stereocenters. The van der Waals surface area contributed by atoms with E-state index in [0.717, 1.165) is 0 Å². The molecule has 0 spiro atoms. The molecule has 1 aliphatic heterocycles. The summed E-state index contributed by atoms with van der Waals surface area (Å²) in [6.45, 7) is 13.5. The van der Waals surface area contributed by atoms with E-state index in [1.54, 1.807) is 0 Å². The van der Waals surface area contributed by atoms with Gasteiger partial charge >= 0.3 is 0 Å². The van der Waals surface area contributed by atoms with Gasteiger partial charge < -0.3 is 9.80 Å². The SMILES string of the molecule is CCCCC(C)(CCCC)CN1CCN(C)CC1. The number of rotatable bonds is 8. The molecular weight excluding hydrogens is 220 g/mol. The summed E-state index contributed by atoms with van der Waals surface area (Å²) in [7, 11) is 2.24. The predicted molar refractivity (Wildman–Crippen MR) is 81.1 cm³/mol. The molecule has 0 aromatic carbocycles. The first-order valence-corrected chi connectivity index (χ1v) is 8.00. The number of unbranched alkanes of at least 4 members (excludes halogenated alkanes) is 2. The highest BCUT2D eigenvalue weighted by molar-refractivity contribution is 4.81. The number of piperazine rings is 1. The van der Waals surface area contributed by atoms with Crippen molar-refractivity contribution in [3.63, 3.8) is 0 Å². The van der Waals surface area contributed by atoms with E-state index in [4.69, 9.17) is 0 Å². The van der Waals surface area contributed by atoms with E-state index >= 15 is 0 Å². The van der Waals surface area contributed by atoms with Crippen LogP contribution in [0.5, 0.6) is 0 Å². The molecular formula is C16H34N2. The largest absolute Gasteiger partial charge is 0.304 e. The van der Waals surface area contributed by atoms with E-state index in [0.29, 0.717) is 5.41 Å². The Bertz CT molecular complexity index is 199. The minimum Gasteiger partial charge on any atom is -0.304 e. The summed E-state index contributed by atoms with van der Waals surface area (Å²) < 4.78 is 0. The Balaban J connectivity index is 2.43. The van der Waals surface area contributed by atoms with Gasteiger partial charge in [-0.05, 0) is 25.3 Å². The summed E-state index contributed by atoms with van der Waals surface area (Å²) in [6.07, 6.45) is 8.29.